The zero-order valence-corrected chi connectivity index (χ0v) is 26.5. The monoisotopic (exact) mass is 622 g/mol. The van der Waals surface area contributed by atoms with E-state index in [1.165, 1.54) is 19.3 Å². The molecule has 6 nitrogen and oxygen atoms in total. The van der Waals surface area contributed by atoms with Gasteiger partial charge in [0.05, 0.1) is 39.1 Å². The summed E-state index contributed by atoms with van der Waals surface area (Å²) in [7, 11) is 0. The molecule has 0 aromatic heterocycles. The van der Waals surface area contributed by atoms with Crippen LogP contribution in [-0.2, 0) is 54.8 Å². The van der Waals surface area contributed by atoms with E-state index in [1.807, 2.05) is 72.8 Å². The highest BCUT2D eigenvalue weighted by atomic mass is 16.7. The second-order valence-electron chi connectivity index (χ2n) is 12.2. The highest BCUT2D eigenvalue weighted by Gasteiger charge is 2.51. The summed E-state index contributed by atoms with van der Waals surface area (Å²) in [6.45, 7) is 2.08. The molecule has 242 valence electrons. The number of benzene rings is 4. The Hall–Kier alpha value is -3.36. The van der Waals surface area contributed by atoms with Crippen LogP contribution in [0, 0.1) is 0 Å². The molecule has 0 spiro atoms. The fraction of sp³-hybridized carbons (Fsp3) is 0.400. The van der Waals surface area contributed by atoms with E-state index in [9.17, 15) is 0 Å². The Kier molecular flexibility index (Phi) is 12.4. The van der Waals surface area contributed by atoms with E-state index in [2.05, 4.69) is 48.5 Å². The van der Waals surface area contributed by atoms with E-state index in [0.717, 1.165) is 35.1 Å². The minimum absolute atomic E-state index is 0.133. The van der Waals surface area contributed by atoms with Gasteiger partial charge in [0.25, 0.3) is 0 Å². The number of hydrogen-bond acceptors (Lipinski definition) is 6. The van der Waals surface area contributed by atoms with Crippen LogP contribution in [0.5, 0.6) is 0 Å². The van der Waals surface area contributed by atoms with Crippen molar-refractivity contribution >= 4 is 0 Å². The van der Waals surface area contributed by atoms with Crippen LogP contribution in [0.25, 0.3) is 0 Å². The lowest BCUT2D eigenvalue weighted by atomic mass is 9.97. The molecule has 4 aromatic carbocycles. The van der Waals surface area contributed by atoms with Gasteiger partial charge in [0.1, 0.15) is 24.4 Å². The predicted octanol–water partition coefficient (Wildman–Crippen LogP) is 8.03. The third-order valence-electron chi connectivity index (χ3n) is 8.72. The van der Waals surface area contributed by atoms with Gasteiger partial charge in [-0.15, -0.1) is 0 Å². The molecular weight excluding hydrogens is 576 g/mol. The lowest BCUT2D eigenvalue weighted by Gasteiger charge is -2.29. The first-order chi connectivity index (χ1) is 22.8. The van der Waals surface area contributed by atoms with Crippen molar-refractivity contribution in [2.75, 3.05) is 6.61 Å². The molecule has 46 heavy (non-hydrogen) atoms. The van der Waals surface area contributed by atoms with E-state index in [-0.39, 0.29) is 6.10 Å². The highest BCUT2D eigenvalue weighted by molar-refractivity contribution is 5.16. The second kappa shape index (κ2) is 17.5. The summed E-state index contributed by atoms with van der Waals surface area (Å²) in [6, 6.07) is 40.9. The topological polar surface area (TPSA) is 55.4 Å². The molecule has 0 N–H and O–H groups in total. The summed E-state index contributed by atoms with van der Waals surface area (Å²) in [5, 5.41) is 0. The van der Waals surface area contributed by atoms with Crippen molar-refractivity contribution in [3.63, 3.8) is 0 Å². The van der Waals surface area contributed by atoms with Crippen molar-refractivity contribution in [3.8, 4) is 0 Å². The fourth-order valence-corrected chi connectivity index (χ4v) is 6.23. The maximum atomic E-state index is 6.84. The average molecular weight is 623 g/mol. The molecule has 1 saturated heterocycles. The molecule has 1 saturated carbocycles. The van der Waals surface area contributed by atoms with Crippen LogP contribution >= 0.6 is 0 Å². The summed E-state index contributed by atoms with van der Waals surface area (Å²) < 4.78 is 40.0. The van der Waals surface area contributed by atoms with E-state index in [1.54, 1.807) is 0 Å². The molecule has 0 bridgehead atoms. The molecule has 0 unspecified atom stereocenters. The largest absolute Gasteiger partial charge is 0.374 e. The van der Waals surface area contributed by atoms with Crippen LogP contribution in [-0.4, -0.2) is 43.4 Å². The Morgan fingerprint density at radius 2 is 1.02 bits per heavy atom. The smallest absolute Gasteiger partial charge is 0.187 e. The first kappa shape index (κ1) is 32.6. The molecule has 2 aliphatic rings. The SMILES string of the molecule is c1ccc(COC[C@@H](OCc2ccccc2)[C@@H]2O[C@@H](OC3CCCCC3)[C@H](OCc3ccccc3)[C@H]2OCc2ccccc2)cc1. The second-order valence-corrected chi connectivity index (χ2v) is 12.2. The standard InChI is InChI=1S/C40H46O6/c1-6-16-31(17-7-1)26-41-30-36(42-27-32-18-8-2-9-19-32)37-38(43-28-33-20-10-3-11-21-33)39(44-29-34-22-12-4-13-23-34)40(46-37)45-35-24-14-5-15-25-35/h1-4,6-13,16-23,35-40H,5,14-15,24-30H2/t36-,37+,38+,39-,40-/m1/s1. The first-order valence-corrected chi connectivity index (χ1v) is 16.7. The molecule has 4 aromatic rings. The van der Waals surface area contributed by atoms with Gasteiger partial charge in [-0.2, -0.15) is 0 Å². The Morgan fingerprint density at radius 3 is 1.57 bits per heavy atom. The van der Waals surface area contributed by atoms with Crippen LogP contribution < -0.4 is 0 Å². The molecule has 0 radical (unpaired) electrons. The zero-order valence-electron chi connectivity index (χ0n) is 26.5. The van der Waals surface area contributed by atoms with Crippen molar-refractivity contribution in [2.24, 2.45) is 0 Å². The third kappa shape index (κ3) is 9.58. The maximum absolute atomic E-state index is 6.84. The Balaban J connectivity index is 1.26. The summed E-state index contributed by atoms with van der Waals surface area (Å²) in [4.78, 5) is 0. The molecular formula is C40H46O6. The molecule has 0 amide bonds. The van der Waals surface area contributed by atoms with Crippen molar-refractivity contribution in [1.29, 1.82) is 0 Å². The Labute approximate surface area is 273 Å². The van der Waals surface area contributed by atoms with Gasteiger partial charge < -0.3 is 28.4 Å². The number of ether oxygens (including phenoxy) is 6. The molecule has 1 heterocycles. The number of rotatable bonds is 16. The average Bonchev–Trinajstić information content (AvgIpc) is 3.46. The van der Waals surface area contributed by atoms with Crippen LogP contribution in [0.1, 0.15) is 54.4 Å². The fourth-order valence-electron chi connectivity index (χ4n) is 6.23. The van der Waals surface area contributed by atoms with Gasteiger partial charge in [0, 0.05) is 0 Å². The lowest BCUT2D eigenvalue weighted by Crippen LogP contribution is -2.45. The van der Waals surface area contributed by atoms with Crippen molar-refractivity contribution in [3.05, 3.63) is 144 Å². The lowest BCUT2D eigenvalue weighted by molar-refractivity contribution is -0.220. The molecule has 2 fully saturated rings. The maximum Gasteiger partial charge on any atom is 0.187 e. The van der Waals surface area contributed by atoms with E-state index >= 15 is 0 Å². The van der Waals surface area contributed by atoms with Crippen LogP contribution in [0.4, 0.5) is 0 Å². The van der Waals surface area contributed by atoms with Crippen LogP contribution in [0.3, 0.4) is 0 Å². The summed E-state index contributed by atoms with van der Waals surface area (Å²) in [6.07, 6.45) is 3.39. The quantitative estimate of drug-likeness (QED) is 0.126. The molecule has 1 aliphatic heterocycles. The van der Waals surface area contributed by atoms with Gasteiger partial charge in [-0.3, -0.25) is 0 Å². The summed E-state index contributed by atoms with van der Waals surface area (Å²) in [5.74, 6) is 0. The Bertz CT molecular complexity index is 1380. The Morgan fingerprint density at radius 1 is 0.543 bits per heavy atom. The van der Waals surface area contributed by atoms with Crippen LogP contribution in [0.15, 0.2) is 121 Å². The van der Waals surface area contributed by atoms with Crippen molar-refractivity contribution in [1.82, 2.24) is 0 Å². The summed E-state index contributed by atoms with van der Waals surface area (Å²) >= 11 is 0. The van der Waals surface area contributed by atoms with Gasteiger partial charge in [-0.05, 0) is 35.1 Å². The zero-order chi connectivity index (χ0) is 31.2. The molecule has 5 atom stereocenters. The van der Waals surface area contributed by atoms with Gasteiger partial charge >= 0.3 is 0 Å². The molecule has 6 rings (SSSR count). The first-order valence-electron chi connectivity index (χ1n) is 16.7. The van der Waals surface area contributed by atoms with E-state index < -0.39 is 30.7 Å². The third-order valence-corrected chi connectivity index (χ3v) is 8.72. The summed E-state index contributed by atoms with van der Waals surface area (Å²) in [5.41, 5.74) is 4.37. The van der Waals surface area contributed by atoms with E-state index in [0.29, 0.717) is 33.0 Å². The minimum Gasteiger partial charge on any atom is -0.374 e. The van der Waals surface area contributed by atoms with Gasteiger partial charge in [-0.25, -0.2) is 0 Å². The van der Waals surface area contributed by atoms with Gasteiger partial charge in [-0.1, -0.05) is 141 Å². The minimum atomic E-state index is -0.588. The van der Waals surface area contributed by atoms with E-state index in [4.69, 9.17) is 28.4 Å². The molecule has 1 aliphatic carbocycles. The van der Waals surface area contributed by atoms with Crippen molar-refractivity contribution < 1.29 is 28.4 Å². The predicted molar refractivity (Wildman–Crippen MR) is 178 cm³/mol. The van der Waals surface area contributed by atoms with Crippen LogP contribution in [0.2, 0.25) is 0 Å². The molecule has 6 heteroatoms. The van der Waals surface area contributed by atoms with Crippen molar-refractivity contribution in [2.45, 2.75) is 95.3 Å². The van der Waals surface area contributed by atoms with Gasteiger partial charge in [0.15, 0.2) is 6.29 Å². The highest BCUT2D eigenvalue weighted by Crippen LogP contribution is 2.35. The van der Waals surface area contributed by atoms with Gasteiger partial charge in [0.2, 0.25) is 0 Å². The normalized spacial score (nSPS) is 22.5. The number of hydrogen-bond donors (Lipinski definition) is 0.